The van der Waals surface area contributed by atoms with Crippen LogP contribution in [0, 0.1) is 0 Å². The van der Waals surface area contributed by atoms with Crippen LogP contribution in [0.25, 0.3) is 0 Å². The fourth-order valence-electron chi connectivity index (χ4n) is 3.52. The molecule has 0 N–H and O–H groups in total. The molecule has 0 bridgehead atoms. The first kappa shape index (κ1) is 17.1. The Bertz CT molecular complexity index is 668. The summed E-state index contributed by atoms with van der Waals surface area (Å²) in [7, 11) is -3.32. The molecule has 0 aliphatic carbocycles. The van der Waals surface area contributed by atoms with Gasteiger partial charge in [0.1, 0.15) is 0 Å². The summed E-state index contributed by atoms with van der Waals surface area (Å²) in [4.78, 5) is 13.1. The molecular formula is C15H24N6O3S. The molecule has 0 atom stereocenters. The minimum Gasteiger partial charge on any atom is -0.379 e. The van der Waals surface area contributed by atoms with Gasteiger partial charge in [-0.05, 0) is 6.07 Å². The highest BCUT2D eigenvalue weighted by Crippen LogP contribution is 2.23. The molecule has 4 rings (SSSR count). The topological polar surface area (TPSA) is 82.1 Å². The molecule has 3 fully saturated rings. The predicted molar refractivity (Wildman–Crippen MR) is 92.5 cm³/mol. The Morgan fingerprint density at radius 2 is 1.56 bits per heavy atom. The van der Waals surface area contributed by atoms with Gasteiger partial charge in [-0.15, -0.1) is 0 Å². The van der Waals surface area contributed by atoms with Gasteiger partial charge in [-0.1, -0.05) is 0 Å². The molecule has 0 unspecified atom stereocenters. The molecule has 3 aliphatic rings. The van der Waals surface area contributed by atoms with Crippen molar-refractivity contribution in [2.45, 2.75) is 6.04 Å². The first-order valence-electron chi connectivity index (χ1n) is 8.73. The lowest BCUT2D eigenvalue weighted by molar-refractivity contribution is 0.0550. The van der Waals surface area contributed by atoms with E-state index in [1.165, 1.54) is 4.31 Å². The van der Waals surface area contributed by atoms with Crippen molar-refractivity contribution < 1.29 is 13.2 Å². The number of aromatic nitrogens is 2. The van der Waals surface area contributed by atoms with Crippen molar-refractivity contribution in [2.24, 2.45) is 0 Å². The summed E-state index contributed by atoms with van der Waals surface area (Å²) in [5, 5.41) is 0. The van der Waals surface area contributed by atoms with Crippen LogP contribution in [-0.4, -0.2) is 104 Å². The predicted octanol–water partition coefficient (Wildman–Crippen LogP) is -1.14. The average Bonchev–Trinajstić information content (AvgIpc) is 2.62. The molecule has 0 aromatic carbocycles. The fraction of sp³-hybridized carbons (Fsp3) is 0.733. The van der Waals surface area contributed by atoms with Crippen LogP contribution in [-0.2, 0) is 14.9 Å². The zero-order valence-corrected chi connectivity index (χ0v) is 15.0. The largest absolute Gasteiger partial charge is 0.379 e. The summed E-state index contributed by atoms with van der Waals surface area (Å²) in [6.45, 7) is 6.62. The summed E-state index contributed by atoms with van der Waals surface area (Å²) in [6.07, 6.45) is 3.52. The van der Waals surface area contributed by atoms with Crippen molar-refractivity contribution in [1.82, 2.24) is 23.5 Å². The Morgan fingerprint density at radius 3 is 2.20 bits per heavy atom. The van der Waals surface area contributed by atoms with Gasteiger partial charge in [0.2, 0.25) is 5.95 Å². The number of morpholine rings is 1. The first-order valence-corrected chi connectivity index (χ1v) is 10.1. The third kappa shape index (κ3) is 3.49. The summed E-state index contributed by atoms with van der Waals surface area (Å²) < 4.78 is 33.5. The number of anilines is 1. The molecule has 0 saturated carbocycles. The van der Waals surface area contributed by atoms with E-state index < -0.39 is 10.2 Å². The standard InChI is InChI=1S/C15H24N6O3S/c22-25(23,20-8-10-24-11-9-20)21-12-14(13-21)18-4-6-19(7-5-18)15-16-2-1-3-17-15/h1-3,14H,4-13H2. The first-order chi connectivity index (χ1) is 12.1. The third-order valence-corrected chi connectivity index (χ3v) is 7.09. The minimum atomic E-state index is -3.32. The van der Waals surface area contributed by atoms with Crippen LogP contribution in [0.15, 0.2) is 18.5 Å². The fourth-order valence-corrected chi connectivity index (χ4v) is 5.18. The highest BCUT2D eigenvalue weighted by Gasteiger charge is 2.42. The van der Waals surface area contributed by atoms with Crippen LogP contribution in [0.1, 0.15) is 0 Å². The summed E-state index contributed by atoms with van der Waals surface area (Å²) in [5.74, 6) is 0.771. The van der Waals surface area contributed by atoms with E-state index in [0.717, 1.165) is 32.1 Å². The van der Waals surface area contributed by atoms with E-state index in [-0.39, 0.29) is 0 Å². The van der Waals surface area contributed by atoms with Gasteiger partial charge in [0.05, 0.1) is 13.2 Å². The van der Waals surface area contributed by atoms with Gasteiger partial charge in [-0.2, -0.15) is 17.0 Å². The lowest BCUT2D eigenvalue weighted by atomic mass is 10.1. The Labute approximate surface area is 148 Å². The molecule has 3 saturated heterocycles. The maximum absolute atomic E-state index is 12.6. The van der Waals surface area contributed by atoms with Crippen LogP contribution in [0.5, 0.6) is 0 Å². The molecule has 0 spiro atoms. The van der Waals surface area contributed by atoms with E-state index >= 15 is 0 Å². The highest BCUT2D eigenvalue weighted by atomic mass is 32.2. The molecule has 4 heterocycles. The number of hydrogen-bond acceptors (Lipinski definition) is 7. The molecule has 25 heavy (non-hydrogen) atoms. The molecule has 138 valence electrons. The zero-order chi connectivity index (χ0) is 17.3. The van der Waals surface area contributed by atoms with Crippen molar-refractivity contribution in [2.75, 3.05) is 70.5 Å². The maximum atomic E-state index is 12.6. The van der Waals surface area contributed by atoms with Crippen molar-refractivity contribution in [3.63, 3.8) is 0 Å². The lowest BCUT2D eigenvalue weighted by Crippen LogP contribution is -2.66. The van der Waals surface area contributed by atoms with Crippen molar-refractivity contribution >= 4 is 16.2 Å². The molecule has 10 heteroatoms. The summed E-state index contributed by atoms with van der Waals surface area (Å²) in [5.41, 5.74) is 0. The average molecular weight is 368 g/mol. The van der Waals surface area contributed by atoms with E-state index in [2.05, 4.69) is 19.8 Å². The minimum absolute atomic E-state index is 0.314. The van der Waals surface area contributed by atoms with E-state index in [1.54, 1.807) is 16.7 Å². The van der Waals surface area contributed by atoms with Crippen LogP contribution in [0.3, 0.4) is 0 Å². The highest BCUT2D eigenvalue weighted by molar-refractivity contribution is 7.86. The second kappa shape index (κ2) is 7.12. The summed E-state index contributed by atoms with van der Waals surface area (Å²) in [6, 6.07) is 2.13. The Morgan fingerprint density at radius 1 is 0.920 bits per heavy atom. The Balaban J connectivity index is 1.27. The smallest absolute Gasteiger partial charge is 0.282 e. The van der Waals surface area contributed by atoms with Crippen LogP contribution < -0.4 is 4.90 Å². The SMILES string of the molecule is O=S(=O)(N1CCOCC1)N1CC(N2CCN(c3ncccn3)CC2)C1. The zero-order valence-electron chi connectivity index (χ0n) is 14.2. The molecular weight excluding hydrogens is 344 g/mol. The molecule has 0 radical (unpaired) electrons. The van der Waals surface area contributed by atoms with Gasteiger partial charge < -0.3 is 9.64 Å². The molecule has 9 nitrogen and oxygen atoms in total. The van der Waals surface area contributed by atoms with Crippen molar-refractivity contribution in [1.29, 1.82) is 0 Å². The van der Waals surface area contributed by atoms with Crippen LogP contribution in [0.2, 0.25) is 0 Å². The van der Waals surface area contributed by atoms with E-state index in [0.29, 0.717) is 45.4 Å². The van der Waals surface area contributed by atoms with E-state index in [9.17, 15) is 8.42 Å². The van der Waals surface area contributed by atoms with Gasteiger partial charge in [0.25, 0.3) is 10.2 Å². The van der Waals surface area contributed by atoms with E-state index in [1.807, 2.05) is 6.07 Å². The number of ether oxygens (including phenoxy) is 1. The van der Waals surface area contributed by atoms with Gasteiger partial charge >= 0.3 is 0 Å². The number of hydrogen-bond donors (Lipinski definition) is 0. The lowest BCUT2D eigenvalue weighted by Gasteiger charge is -2.48. The normalized spacial score (nSPS) is 25.0. The Hall–Kier alpha value is -1.33. The van der Waals surface area contributed by atoms with Crippen molar-refractivity contribution in [3.8, 4) is 0 Å². The van der Waals surface area contributed by atoms with Gasteiger partial charge in [-0.25, -0.2) is 9.97 Å². The van der Waals surface area contributed by atoms with Gasteiger partial charge in [-0.3, -0.25) is 4.90 Å². The van der Waals surface area contributed by atoms with Crippen LogP contribution in [0.4, 0.5) is 5.95 Å². The van der Waals surface area contributed by atoms with Crippen molar-refractivity contribution in [3.05, 3.63) is 18.5 Å². The number of rotatable bonds is 4. The second-order valence-electron chi connectivity index (χ2n) is 6.56. The maximum Gasteiger partial charge on any atom is 0.282 e. The van der Waals surface area contributed by atoms with Gasteiger partial charge in [0.15, 0.2) is 0 Å². The molecule has 1 aromatic heterocycles. The summed E-state index contributed by atoms with van der Waals surface area (Å²) >= 11 is 0. The number of nitrogens with zero attached hydrogens (tertiary/aromatic N) is 6. The van der Waals surface area contributed by atoms with Crippen LogP contribution >= 0.6 is 0 Å². The van der Waals surface area contributed by atoms with Gasteiger partial charge in [0, 0.05) is 70.8 Å². The monoisotopic (exact) mass is 368 g/mol. The molecule has 0 amide bonds. The molecule has 3 aliphatic heterocycles. The molecule has 1 aromatic rings. The Kier molecular flexibility index (Phi) is 4.87. The quantitative estimate of drug-likeness (QED) is 0.664. The third-order valence-electron chi connectivity index (χ3n) is 5.12. The second-order valence-corrected chi connectivity index (χ2v) is 8.49. The number of piperazine rings is 1. The van der Waals surface area contributed by atoms with E-state index in [4.69, 9.17) is 4.74 Å².